The molecular weight excluding hydrogens is 346 g/mol. The molecule has 1 saturated heterocycles. The first-order valence-electron chi connectivity index (χ1n) is 11.2. The van der Waals surface area contributed by atoms with Crippen molar-refractivity contribution in [3.63, 3.8) is 0 Å². The van der Waals surface area contributed by atoms with Crippen molar-refractivity contribution in [2.24, 2.45) is 28.6 Å². The minimum atomic E-state index is 0.231. The molecule has 4 nitrogen and oxygen atoms in total. The van der Waals surface area contributed by atoms with Gasteiger partial charge in [-0.2, -0.15) is 0 Å². The molecule has 6 atom stereocenters. The van der Waals surface area contributed by atoms with Crippen molar-refractivity contribution >= 4 is 11.5 Å². The van der Waals surface area contributed by atoms with Crippen LogP contribution in [-0.4, -0.2) is 33.4 Å². The van der Waals surface area contributed by atoms with Gasteiger partial charge in [-0.05, 0) is 79.1 Å². The highest BCUT2D eigenvalue weighted by Gasteiger charge is 2.59. The van der Waals surface area contributed by atoms with Gasteiger partial charge in [-0.15, -0.1) is 0 Å². The van der Waals surface area contributed by atoms with Crippen LogP contribution in [0, 0.1) is 28.6 Å². The number of hydrogen-bond acceptors (Lipinski definition) is 3. The summed E-state index contributed by atoms with van der Waals surface area (Å²) in [6, 6.07) is 0.457. The predicted octanol–water partition coefficient (Wildman–Crippen LogP) is 4.72. The summed E-state index contributed by atoms with van der Waals surface area (Å²) >= 11 is 0. The summed E-state index contributed by atoms with van der Waals surface area (Å²) in [6.45, 7) is 7.73. The van der Waals surface area contributed by atoms with Crippen molar-refractivity contribution in [3.05, 3.63) is 30.4 Å². The fourth-order valence-corrected chi connectivity index (χ4v) is 7.87. The fraction of sp³-hybridized carbons (Fsp3) is 0.708. The molecule has 0 bridgehead atoms. The largest absolute Gasteiger partial charge is 0.339 e. The van der Waals surface area contributed by atoms with Crippen LogP contribution in [0.1, 0.15) is 71.4 Å². The van der Waals surface area contributed by atoms with Crippen molar-refractivity contribution in [3.8, 4) is 0 Å². The standard InChI is InChI=1S/C24H33N3O/c1-16(28)27-14-4-10-24(3)19-9-11-23(2)18(17(19)5-8-22(24)27)6-7-20(23)21-15-25-12-13-26-21/h7,12-13,15,17-19,22H,4-6,8-11,14H2,1-3H3/t17-,18-,19-,22?,23-,24+/m0/s1. The van der Waals surface area contributed by atoms with Gasteiger partial charge >= 0.3 is 0 Å². The monoisotopic (exact) mass is 379 g/mol. The Balaban J connectivity index is 1.45. The van der Waals surface area contributed by atoms with Crippen LogP contribution in [0.3, 0.4) is 0 Å². The van der Waals surface area contributed by atoms with E-state index in [9.17, 15) is 4.79 Å². The van der Waals surface area contributed by atoms with Crippen LogP contribution < -0.4 is 0 Å². The van der Waals surface area contributed by atoms with Crippen LogP contribution in [-0.2, 0) is 4.79 Å². The number of allylic oxidation sites excluding steroid dienone is 2. The van der Waals surface area contributed by atoms with Gasteiger partial charge in [-0.1, -0.05) is 19.9 Å². The van der Waals surface area contributed by atoms with Crippen LogP contribution in [0.25, 0.3) is 5.57 Å². The molecule has 28 heavy (non-hydrogen) atoms. The third kappa shape index (κ3) is 2.45. The Kier molecular flexibility index (Phi) is 4.19. The van der Waals surface area contributed by atoms with Crippen LogP contribution in [0.5, 0.6) is 0 Å². The summed E-state index contributed by atoms with van der Waals surface area (Å²) in [7, 11) is 0. The minimum absolute atomic E-state index is 0.231. The summed E-state index contributed by atoms with van der Waals surface area (Å²) in [5, 5.41) is 0. The second kappa shape index (κ2) is 6.40. The van der Waals surface area contributed by atoms with Gasteiger partial charge in [0.25, 0.3) is 0 Å². The number of amides is 1. The third-order valence-corrected chi connectivity index (χ3v) is 9.13. The highest BCUT2D eigenvalue weighted by Crippen LogP contribution is 2.66. The lowest BCUT2D eigenvalue weighted by molar-refractivity contribution is -0.151. The predicted molar refractivity (Wildman–Crippen MR) is 110 cm³/mol. The fourth-order valence-electron chi connectivity index (χ4n) is 7.87. The Morgan fingerprint density at radius 1 is 1.14 bits per heavy atom. The summed E-state index contributed by atoms with van der Waals surface area (Å²) in [4.78, 5) is 23.5. The molecule has 4 heteroatoms. The molecule has 0 aromatic carbocycles. The summed E-state index contributed by atoms with van der Waals surface area (Å²) in [6.07, 6.45) is 16.6. The van der Waals surface area contributed by atoms with E-state index in [1.165, 1.54) is 50.5 Å². The Bertz CT molecular complexity index is 805. The second-order valence-corrected chi connectivity index (χ2v) is 10.2. The lowest BCUT2D eigenvalue weighted by Gasteiger charge is -2.62. The quantitative estimate of drug-likeness (QED) is 0.709. The number of carbonyl (C=O) groups is 1. The highest BCUT2D eigenvalue weighted by molar-refractivity contribution is 5.74. The van der Waals surface area contributed by atoms with E-state index in [0.717, 1.165) is 24.1 Å². The summed E-state index contributed by atoms with van der Waals surface area (Å²) < 4.78 is 0. The molecular formula is C24H33N3O. The second-order valence-electron chi connectivity index (χ2n) is 10.2. The van der Waals surface area contributed by atoms with Crippen LogP contribution >= 0.6 is 0 Å². The molecule has 1 aliphatic heterocycles. The van der Waals surface area contributed by atoms with Gasteiger partial charge in [-0.25, -0.2) is 0 Å². The van der Waals surface area contributed by atoms with Gasteiger partial charge in [0.1, 0.15) is 0 Å². The van der Waals surface area contributed by atoms with Gasteiger partial charge in [0.2, 0.25) is 5.91 Å². The number of hydrogen-bond donors (Lipinski definition) is 0. The van der Waals surface area contributed by atoms with E-state index in [2.05, 4.69) is 34.8 Å². The number of fused-ring (bicyclic) bond motifs is 5. The smallest absolute Gasteiger partial charge is 0.219 e. The van der Waals surface area contributed by atoms with Gasteiger partial charge in [0, 0.05) is 31.9 Å². The van der Waals surface area contributed by atoms with Crippen molar-refractivity contribution in [1.29, 1.82) is 0 Å². The zero-order valence-corrected chi connectivity index (χ0v) is 17.5. The Labute approximate surface area is 168 Å². The first-order valence-corrected chi connectivity index (χ1v) is 11.2. The van der Waals surface area contributed by atoms with E-state index >= 15 is 0 Å². The first-order chi connectivity index (χ1) is 13.4. The molecule has 1 aromatic rings. The maximum atomic E-state index is 12.3. The Hall–Kier alpha value is -1.71. The van der Waals surface area contributed by atoms with E-state index in [4.69, 9.17) is 0 Å². The molecule has 4 aliphatic rings. The first kappa shape index (κ1) is 18.3. The average molecular weight is 380 g/mol. The van der Waals surface area contributed by atoms with Crippen molar-refractivity contribution in [1.82, 2.24) is 14.9 Å². The van der Waals surface area contributed by atoms with Gasteiger partial charge < -0.3 is 4.90 Å². The molecule has 150 valence electrons. The summed E-state index contributed by atoms with van der Waals surface area (Å²) in [5.41, 5.74) is 3.04. The minimum Gasteiger partial charge on any atom is -0.339 e. The van der Waals surface area contributed by atoms with Crippen molar-refractivity contribution in [2.45, 2.75) is 71.8 Å². The molecule has 1 aromatic heterocycles. The topological polar surface area (TPSA) is 46.1 Å². The molecule has 2 heterocycles. The zero-order valence-electron chi connectivity index (χ0n) is 17.5. The maximum Gasteiger partial charge on any atom is 0.219 e. The number of piperidine rings is 1. The summed E-state index contributed by atoms with van der Waals surface area (Å²) in [5.74, 6) is 2.52. The van der Waals surface area contributed by atoms with Gasteiger partial charge in [0.15, 0.2) is 0 Å². The number of rotatable bonds is 1. The molecule has 5 rings (SSSR count). The van der Waals surface area contributed by atoms with Crippen LogP contribution in [0.2, 0.25) is 0 Å². The van der Waals surface area contributed by atoms with E-state index in [0.29, 0.717) is 17.4 Å². The van der Waals surface area contributed by atoms with Gasteiger partial charge in [-0.3, -0.25) is 14.8 Å². The Morgan fingerprint density at radius 2 is 2.00 bits per heavy atom. The number of carbonyl (C=O) groups excluding carboxylic acids is 1. The van der Waals surface area contributed by atoms with E-state index in [-0.39, 0.29) is 11.3 Å². The maximum absolute atomic E-state index is 12.3. The third-order valence-electron chi connectivity index (χ3n) is 9.13. The molecule has 3 fully saturated rings. The zero-order chi connectivity index (χ0) is 19.5. The van der Waals surface area contributed by atoms with Gasteiger partial charge in [0.05, 0.1) is 11.9 Å². The molecule has 0 spiro atoms. The molecule has 1 amide bonds. The van der Waals surface area contributed by atoms with Crippen molar-refractivity contribution < 1.29 is 4.79 Å². The normalized spacial score (nSPS) is 42.2. The molecule has 3 aliphatic carbocycles. The lowest BCUT2D eigenvalue weighted by atomic mass is 9.47. The van der Waals surface area contributed by atoms with E-state index in [1.807, 2.05) is 12.4 Å². The van der Waals surface area contributed by atoms with Crippen LogP contribution in [0.15, 0.2) is 24.7 Å². The number of likely N-dealkylation sites (tertiary alicyclic amines) is 1. The SMILES string of the molecule is CC(=O)N1CCC[C@@]2(C)C1CC[C@@H]1[C@@H]2CC[C@]2(C)C(c3cnccn3)=CC[C@@H]12. The highest BCUT2D eigenvalue weighted by atomic mass is 16.2. The molecule has 1 unspecified atom stereocenters. The average Bonchev–Trinajstić information content (AvgIpc) is 3.04. The number of nitrogens with zero attached hydrogens (tertiary/aromatic N) is 3. The molecule has 2 saturated carbocycles. The molecule has 0 radical (unpaired) electrons. The number of aromatic nitrogens is 2. The Morgan fingerprint density at radius 3 is 2.75 bits per heavy atom. The van der Waals surface area contributed by atoms with E-state index < -0.39 is 0 Å². The van der Waals surface area contributed by atoms with Crippen LogP contribution in [0.4, 0.5) is 0 Å². The lowest BCUT2D eigenvalue weighted by Crippen LogP contribution is -2.61. The molecule has 0 N–H and O–H groups in total. The van der Waals surface area contributed by atoms with E-state index in [1.54, 1.807) is 13.1 Å². The van der Waals surface area contributed by atoms with Crippen molar-refractivity contribution in [2.75, 3.05) is 6.54 Å².